The van der Waals surface area contributed by atoms with Crippen molar-refractivity contribution in [3.63, 3.8) is 0 Å². The van der Waals surface area contributed by atoms with Crippen molar-refractivity contribution in [2.24, 2.45) is 0 Å². The predicted molar refractivity (Wildman–Crippen MR) is 57.2 cm³/mol. The maximum absolute atomic E-state index is 5.81. The van der Waals surface area contributed by atoms with Gasteiger partial charge in [0.1, 0.15) is 12.4 Å². The molecule has 0 atom stereocenters. The predicted octanol–water partition coefficient (Wildman–Crippen LogP) is 3.55. The summed E-state index contributed by atoms with van der Waals surface area (Å²) in [6, 6.07) is 5.42. The highest BCUT2D eigenvalue weighted by Gasteiger charge is 1.99. The topological polar surface area (TPSA) is 9.23 Å². The summed E-state index contributed by atoms with van der Waals surface area (Å²) in [5, 5.41) is 0.681. The normalized spacial score (nSPS) is 9.31. The average molecular weight is 195 g/mol. The van der Waals surface area contributed by atoms with E-state index >= 15 is 0 Å². The van der Waals surface area contributed by atoms with Gasteiger partial charge in [-0.05, 0) is 18.2 Å². The first-order valence-electron chi connectivity index (χ1n) is 3.93. The molecular formula is C11H11ClO. The largest absolute Gasteiger partial charge is 0.489 e. The first-order chi connectivity index (χ1) is 6.27. The lowest BCUT2D eigenvalue weighted by Gasteiger charge is -2.06. The molecule has 0 radical (unpaired) electrons. The van der Waals surface area contributed by atoms with Crippen LogP contribution in [-0.4, -0.2) is 6.61 Å². The first kappa shape index (κ1) is 9.87. The van der Waals surface area contributed by atoms with E-state index in [0.29, 0.717) is 11.6 Å². The lowest BCUT2D eigenvalue weighted by atomic mass is 10.2. The molecule has 0 aliphatic rings. The molecule has 68 valence electrons. The van der Waals surface area contributed by atoms with Crippen LogP contribution >= 0.6 is 11.6 Å². The molecule has 1 rings (SSSR count). The highest BCUT2D eigenvalue weighted by molar-refractivity contribution is 6.30. The SMILES string of the molecule is C=CCOc1ccc(Cl)cc1C=C. The minimum Gasteiger partial charge on any atom is -0.489 e. The Morgan fingerprint density at radius 2 is 2.15 bits per heavy atom. The zero-order valence-corrected chi connectivity index (χ0v) is 8.05. The zero-order chi connectivity index (χ0) is 9.68. The maximum atomic E-state index is 5.81. The summed E-state index contributed by atoms with van der Waals surface area (Å²) in [6.07, 6.45) is 3.41. The summed E-state index contributed by atoms with van der Waals surface area (Å²) < 4.78 is 5.38. The fraction of sp³-hybridized carbons (Fsp3) is 0.0909. The van der Waals surface area contributed by atoms with Gasteiger partial charge in [-0.1, -0.05) is 36.9 Å². The van der Waals surface area contributed by atoms with Crippen LogP contribution < -0.4 is 4.74 Å². The van der Waals surface area contributed by atoms with E-state index in [1.54, 1.807) is 18.2 Å². The van der Waals surface area contributed by atoms with Gasteiger partial charge in [-0.2, -0.15) is 0 Å². The molecule has 0 amide bonds. The number of halogens is 1. The molecule has 0 unspecified atom stereocenters. The van der Waals surface area contributed by atoms with Gasteiger partial charge in [0, 0.05) is 10.6 Å². The molecule has 2 heteroatoms. The Balaban J connectivity index is 2.91. The Hall–Kier alpha value is -1.21. The third kappa shape index (κ3) is 2.63. The molecule has 0 aliphatic carbocycles. The molecule has 1 aromatic carbocycles. The van der Waals surface area contributed by atoms with Crippen LogP contribution in [0.25, 0.3) is 6.08 Å². The van der Waals surface area contributed by atoms with Gasteiger partial charge in [0.05, 0.1) is 0 Å². The quantitative estimate of drug-likeness (QED) is 0.667. The zero-order valence-electron chi connectivity index (χ0n) is 7.29. The Labute approximate surface area is 83.3 Å². The van der Waals surface area contributed by atoms with Crippen LogP contribution in [0, 0.1) is 0 Å². The second-order valence-corrected chi connectivity index (χ2v) is 2.92. The molecule has 1 aromatic rings. The molecule has 0 heterocycles. The molecule has 0 N–H and O–H groups in total. The molecule has 0 aliphatic heterocycles. The van der Waals surface area contributed by atoms with Crippen molar-refractivity contribution < 1.29 is 4.74 Å². The second-order valence-electron chi connectivity index (χ2n) is 2.49. The van der Waals surface area contributed by atoms with Crippen molar-refractivity contribution in [2.45, 2.75) is 0 Å². The Morgan fingerprint density at radius 1 is 1.38 bits per heavy atom. The van der Waals surface area contributed by atoms with Gasteiger partial charge in [0.15, 0.2) is 0 Å². The van der Waals surface area contributed by atoms with Gasteiger partial charge in [-0.25, -0.2) is 0 Å². The van der Waals surface area contributed by atoms with Crippen LogP contribution in [-0.2, 0) is 0 Å². The van der Waals surface area contributed by atoms with E-state index in [-0.39, 0.29) is 0 Å². The van der Waals surface area contributed by atoms with Crippen molar-refractivity contribution in [1.82, 2.24) is 0 Å². The van der Waals surface area contributed by atoms with Crippen molar-refractivity contribution in [1.29, 1.82) is 0 Å². The van der Waals surface area contributed by atoms with Gasteiger partial charge in [0.25, 0.3) is 0 Å². The minimum atomic E-state index is 0.489. The van der Waals surface area contributed by atoms with Crippen LogP contribution in [0.4, 0.5) is 0 Å². The number of hydrogen-bond donors (Lipinski definition) is 0. The van der Waals surface area contributed by atoms with Crippen LogP contribution in [0.15, 0.2) is 37.4 Å². The highest BCUT2D eigenvalue weighted by atomic mass is 35.5. The standard InChI is InChI=1S/C11H11ClO/c1-3-7-13-11-6-5-10(12)8-9(11)4-2/h3-6,8H,1-2,7H2. The van der Waals surface area contributed by atoms with Gasteiger partial charge < -0.3 is 4.74 Å². The van der Waals surface area contributed by atoms with Crippen molar-refractivity contribution >= 4 is 17.7 Å². The summed E-state index contributed by atoms with van der Waals surface area (Å²) in [4.78, 5) is 0. The van der Waals surface area contributed by atoms with E-state index in [4.69, 9.17) is 16.3 Å². The fourth-order valence-corrected chi connectivity index (χ4v) is 1.14. The number of benzene rings is 1. The number of rotatable bonds is 4. The average Bonchev–Trinajstić information content (AvgIpc) is 2.16. The minimum absolute atomic E-state index is 0.489. The first-order valence-corrected chi connectivity index (χ1v) is 4.31. The number of ether oxygens (including phenoxy) is 1. The monoisotopic (exact) mass is 194 g/mol. The molecule has 0 bridgehead atoms. The Bertz CT molecular complexity index is 318. The molecule has 0 saturated heterocycles. The Kier molecular flexibility index (Phi) is 3.59. The molecular weight excluding hydrogens is 184 g/mol. The number of hydrogen-bond acceptors (Lipinski definition) is 1. The van der Waals surface area contributed by atoms with E-state index in [0.717, 1.165) is 11.3 Å². The van der Waals surface area contributed by atoms with Gasteiger partial charge >= 0.3 is 0 Å². The summed E-state index contributed by atoms with van der Waals surface area (Å²) in [5.74, 6) is 0.777. The van der Waals surface area contributed by atoms with Gasteiger partial charge in [-0.3, -0.25) is 0 Å². The van der Waals surface area contributed by atoms with Crippen LogP contribution in [0.1, 0.15) is 5.56 Å². The van der Waals surface area contributed by atoms with E-state index in [2.05, 4.69) is 13.2 Å². The van der Waals surface area contributed by atoms with Gasteiger partial charge in [-0.15, -0.1) is 0 Å². The lowest BCUT2D eigenvalue weighted by Crippen LogP contribution is -1.94. The van der Waals surface area contributed by atoms with Crippen molar-refractivity contribution in [3.8, 4) is 5.75 Å². The van der Waals surface area contributed by atoms with Crippen LogP contribution in [0.3, 0.4) is 0 Å². The molecule has 0 fully saturated rings. The third-order valence-corrected chi connectivity index (χ3v) is 1.78. The second kappa shape index (κ2) is 4.73. The van der Waals surface area contributed by atoms with Crippen LogP contribution in [0.5, 0.6) is 5.75 Å². The molecule has 0 aromatic heterocycles. The summed E-state index contributed by atoms with van der Waals surface area (Å²) >= 11 is 5.81. The lowest BCUT2D eigenvalue weighted by molar-refractivity contribution is 0.362. The third-order valence-electron chi connectivity index (χ3n) is 1.55. The van der Waals surface area contributed by atoms with Gasteiger partial charge in [0.2, 0.25) is 0 Å². The van der Waals surface area contributed by atoms with Crippen molar-refractivity contribution in [3.05, 3.63) is 48.0 Å². The molecule has 0 spiro atoms. The van der Waals surface area contributed by atoms with Crippen molar-refractivity contribution in [2.75, 3.05) is 6.61 Å². The summed E-state index contributed by atoms with van der Waals surface area (Å²) in [6.45, 7) is 7.74. The van der Waals surface area contributed by atoms with E-state index in [1.165, 1.54) is 0 Å². The van der Waals surface area contributed by atoms with E-state index in [1.807, 2.05) is 12.1 Å². The highest BCUT2D eigenvalue weighted by Crippen LogP contribution is 2.23. The fourth-order valence-electron chi connectivity index (χ4n) is 0.959. The smallest absolute Gasteiger partial charge is 0.127 e. The molecule has 0 saturated carbocycles. The van der Waals surface area contributed by atoms with Crippen LogP contribution in [0.2, 0.25) is 5.02 Å². The Morgan fingerprint density at radius 3 is 2.77 bits per heavy atom. The summed E-state index contributed by atoms with van der Waals surface area (Å²) in [5.41, 5.74) is 0.898. The molecule has 13 heavy (non-hydrogen) atoms. The summed E-state index contributed by atoms with van der Waals surface area (Å²) in [7, 11) is 0. The van der Waals surface area contributed by atoms with E-state index in [9.17, 15) is 0 Å². The van der Waals surface area contributed by atoms with E-state index < -0.39 is 0 Å². The maximum Gasteiger partial charge on any atom is 0.127 e. The molecule has 1 nitrogen and oxygen atoms in total.